The molecule has 0 amide bonds. The molecule has 0 N–H and O–H groups in total. The molecule has 0 aliphatic heterocycles. The van der Waals surface area contributed by atoms with Crippen LogP contribution in [0.1, 0.15) is 48.9 Å². The molecule has 0 fully saturated rings. The number of hydrogen-bond donors (Lipinski definition) is 0. The molecule has 15 heavy (non-hydrogen) atoms. The summed E-state index contributed by atoms with van der Waals surface area (Å²) in [6.45, 7) is 8.98. The molecule has 0 saturated heterocycles. The van der Waals surface area contributed by atoms with Gasteiger partial charge >= 0.3 is 0 Å². The van der Waals surface area contributed by atoms with Gasteiger partial charge in [-0.1, -0.05) is 45.9 Å². The molecular weight excluding hydrogens is 200 g/mol. The Labute approximate surface area is 96.3 Å². The maximum atomic E-state index is 2.33. The van der Waals surface area contributed by atoms with Crippen LogP contribution in [0.25, 0.3) is 12.2 Å². The van der Waals surface area contributed by atoms with Gasteiger partial charge in [0.05, 0.1) is 0 Å². The molecule has 1 aromatic heterocycles. The average Bonchev–Trinajstić information content (AvgIpc) is 2.50. The van der Waals surface area contributed by atoms with Crippen LogP contribution in [0, 0.1) is 5.41 Å². The molecule has 2 rings (SSSR count). The number of fused-ring (bicyclic) bond motifs is 1. The Hall–Kier alpha value is -0.820. The highest BCUT2D eigenvalue weighted by atomic mass is 32.1. The van der Waals surface area contributed by atoms with Crippen LogP contribution in [-0.2, 0) is 0 Å². The third-order valence-corrected chi connectivity index (χ3v) is 4.15. The summed E-state index contributed by atoms with van der Waals surface area (Å²) >= 11 is 1.92. The second-order valence-corrected chi connectivity index (χ2v) is 6.23. The van der Waals surface area contributed by atoms with Crippen molar-refractivity contribution in [2.75, 3.05) is 0 Å². The molecule has 1 aliphatic rings. The molecule has 0 bridgehead atoms. The van der Waals surface area contributed by atoms with Crippen molar-refractivity contribution in [2.24, 2.45) is 5.41 Å². The van der Waals surface area contributed by atoms with E-state index in [9.17, 15) is 0 Å². The average molecular weight is 218 g/mol. The highest BCUT2D eigenvalue weighted by Gasteiger charge is 2.15. The topological polar surface area (TPSA) is 0 Å². The molecule has 0 spiro atoms. The first-order valence-electron chi connectivity index (χ1n) is 5.50. The Balaban J connectivity index is 2.42. The molecule has 1 heteroatoms. The van der Waals surface area contributed by atoms with Gasteiger partial charge in [-0.15, -0.1) is 11.3 Å². The third-order valence-electron chi connectivity index (χ3n) is 2.74. The van der Waals surface area contributed by atoms with E-state index in [1.165, 1.54) is 15.3 Å². The quantitative estimate of drug-likeness (QED) is 0.626. The predicted molar refractivity (Wildman–Crippen MR) is 70.3 cm³/mol. The Morgan fingerprint density at radius 2 is 1.80 bits per heavy atom. The van der Waals surface area contributed by atoms with Crippen LogP contribution < -0.4 is 0 Å². The van der Waals surface area contributed by atoms with Crippen molar-refractivity contribution >= 4 is 23.5 Å². The van der Waals surface area contributed by atoms with Crippen LogP contribution in [-0.4, -0.2) is 0 Å². The van der Waals surface area contributed by atoms with Crippen molar-refractivity contribution < 1.29 is 0 Å². The van der Waals surface area contributed by atoms with Crippen molar-refractivity contribution in [1.82, 2.24) is 0 Å². The van der Waals surface area contributed by atoms with Crippen LogP contribution in [0.15, 0.2) is 18.2 Å². The van der Waals surface area contributed by atoms with Crippen molar-refractivity contribution in [3.63, 3.8) is 0 Å². The minimum Gasteiger partial charge on any atom is -0.140 e. The van der Waals surface area contributed by atoms with Gasteiger partial charge in [0.25, 0.3) is 0 Å². The zero-order valence-corrected chi connectivity index (χ0v) is 10.7. The summed E-state index contributed by atoms with van der Waals surface area (Å²) in [7, 11) is 0. The zero-order valence-electron chi connectivity index (χ0n) is 9.87. The fourth-order valence-electron chi connectivity index (χ4n) is 1.64. The van der Waals surface area contributed by atoms with Gasteiger partial charge in [0.2, 0.25) is 0 Å². The molecule has 0 saturated carbocycles. The van der Waals surface area contributed by atoms with Crippen LogP contribution in [0.4, 0.5) is 0 Å². The number of thiophene rings is 1. The van der Waals surface area contributed by atoms with Crippen molar-refractivity contribution in [3.8, 4) is 0 Å². The van der Waals surface area contributed by atoms with E-state index < -0.39 is 0 Å². The van der Waals surface area contributed by atoms with Crippen LogP contribution in [0.3, 0.4) is 0 Å². The monoisotopic (exact) mass is 218 g/mol. The van der Waals surface area contributed by atoms with Gasteiger partial charge in [-0.05, 0) is 23.6 Å². The molecule has 1 heterocycles. The van der Waals surface area contributed by atoms with E-state index in [1.54, 1.807) is 0 Å². The zero-order chi connectivity index (χ0) is 11.1. The fourth-order valence-corrected chi connectivity index (χ4v) is 2.69. The summed E-state index contributed by atoms with van der Waals surface area (Å²) < 4.78 is 0. The van der Waals surface area contributed by atoms with Gasteiger partial charge in [0.15, 0.2) is 0 Å². The predicted octanol–water partition coefficient (Wildman–Crippen LogP) is 4.94. The molecule has 0 aromatic carbocycles. The Morgan fingerprint density at radius 3 is 2.47 bits per heavy atom. The molecule has 0 atom stereocenters. The summed E-state index contributed by atoms with van der Waals surface area (Å²) in [5.74, 6) is 0.636. The van der Waals surface area contributed by atoms with E-state index in [-0.39, 0.29) is 5.41 Å². The summed E-state index contributed by atoms with van der Waals surface area (Å²) in [6, 6.07) is 2.33. The number of hydrogen-bond acceptors (Lipinski definition) is 1. The maximum absolute atomic E-state index is 2.33. The largest absolute Gasteiger partial charge is 0.140 e. The SMILES string of the molecule is CC(C)c1cc2c(s1)C=CC(C)(C)C=C2. The fraction of sp³-hybridized carbons (Fsp3) is 0.429. The summed E-state index contributed by atoms with van der Waals surface area (Å²) in [4.78, 5) is 2.88. The minimum absolute atomic E-state index is 0.191. The standard InChI is InChI=1S/C14H18S/c1-10(2)13-9-11-5-7-14(3,4)8-6-12(11)15-13/h5-10H,1-4H3. The lowest BCUT2D eigenvalue weighted by atomic mass is 9.93. The highest BCUT2D eigenvalue weighted by molar-refractivity contribution is 7.13. The summed E-state index contributed by atoms with van der Waals surface area (Å²) in [6.07, 6.45) is 9.10. The minimum atomic E-state index is 0.191. The number of rotatable bonds is 1. The van der Waals surface area contributed by atoms with Crippen molar-refractivity contribution in [1.29, 1.82) is 0 Å². The normalized spacial score (nSPS) is 17.9. The molecule has 0 radical (unpaired) electrons. The smallest absolute Gasteiger partial charge is 0.0342 e. The van der Waals surface area contributed by atoms with Gasteiger partial charge in [-0.3, -0.25) is 0 Å². The second-order valence-electron chi connectivity index (χ2n) is 5.11. The van der Waals surface area contributed by atoms with E-state index in [2.05, 4.69) is 58.1 Å². The lowest BCUT2D eigenvalue weighted by Crippen LogP contribution is -2.00. The first-order chi connectivity index (χ1) is 6.98. The van der Waals surface area contributed by atoms with Gasteiger partial charge in [-0.25, -0.2) is 0 Å². The van der Waals surface area contributed by atoms with Gasteiger partial charge in [-0.2, -0.15) is 0 Å². The van der Waals surface area contributed by atoms with E-state index >= 15 is 0 Å². The van der Waals surface area contributed by atoms with Gasteiger partial charge in [0, 0.05) is 15.2 Å². The molecule has 1 aromatic rings. The lowest BCUT2D eigenvalue weighted by molar-refractivity contribution is 0.633. The van der Waals surface area contributed by atoms with E-state index in [0.717, 1.165) is 0 Å². The Kier molecular flexibility index (Phi) is 2.59. The summed E-state index contributed by atoms with van der Waals surface area (Å²) in [5, 5.41) is 0. The summed E-state index contributed by atoms with van der Waals surface area (Å²) in [5.41, 5.74) is 1.57. The van der Waals surface area contributed by atoms with Crippen molar-refractivity contribution in [2.45, 2.75) is 33.6 Å². The van der Waals surface area contributed by atoms with Crippen LogP contribution >= 0.6 is 11.3 Å². The van der Waals surface area contributed by atoms with Gasteiger partial charge in [0.1, 0.15) is 0 Å². The van der Waals surface area contributed by atoms with Gasteiger partial charge < -0.3 is 0 Å². The third kappa shape index (κ3) is 2.23. The van der Waals surface area contributed by atoms with Crippen LogP contribution in [0.5, 0.6) is 0 Å². The van der Waals surface area contributed by atoms with Crippen molar-refractivity contribution in [3.05, 3.63) is 33.5 Å². The van der Waals surface area contributed by atoms with E-state index in [1.807, 2.05) is 11.3 Å². The molecular formula is C14H18S. The first-order valence-corrected chi connectivity index (χ1v) is 6.32. The van der Waals surface area contributed by atoms with E-state index in [0.29, 0.717) is 5.92 Å². The van der Waals surface area contributed by atoms with E-state index in [4.69, 9.17) is 0 Å². The lowest BCUT2D eigenvalue weighted by Gasteiger charge is -2.12. The molecule has 1 aliphatic carbocycles. The van der Waals surface area contributed by atoms with Crippen LogP contribution in [0.2, 0.25) is 0 Å². The Bertz CT molecular complexity index is 383. The second kappa shape index (κ2) is 3.64. The highest BCUT2D eigenvalue weighted by Crippen LogP contribution is 2.35. The molecule has 0 nitrogen and oxygen atoms in total. The first kappa shape index (κ1) is 10.7. The molecule has 0 unspecified atom stereocenters. The maximum Gasteiger partial charge on any atom is 0.0342 e. The molecule has 80 valence electrons. The Morgan fingerprint density at radius 1 is 1.13 bits per heavy atom. The number of allylic oxidation sites excluding steroid dienone is 2.